The number of para-hydroxylation sites is 1. The summed E-state index contributed by atoms with van der Waals surface area (Å²) in [6, 6.07) is 5.13. The van der Waals surface area contributed by atoms with Gasteiger partial charge >= 0.3 is 5.97 Å². The molecule has 0 bridgehead atoms. The molecule has 0 saturated carbocycles. The number of carbonyl (C=O) groups is 1. The highest BCUT2D eigenvalue weighted by molar-refractivity contribution is 5.87. The molecule has 0 saturated heterocycles. The van der Waals surface area contributed by atoms with Gasteiger partial charge in [-0.05, 0) is 18.2 Å². The lowest BCUT2D eigenvalue weighted by molar-refractivity contribution is 0.0696. The zero-order valence-corrected chi connectivity index (χ0v) is 8.93. The van der Waals surface area contributed by atoms with Crippen LogP contribution in [0.4, 0.5) is 8.78 Å². The Hall–Kier alpha value is -2.50. The number of benzene rings is 1. The highest BCUT2D eigenvalue weighted by atomic mass is 19.1. The van der Waals surface area contributed by atoms with Crippen LogP contribution in [-0.2, 0) is 0 Å². The van der Waals surface area contributed by atoms with Crippen molar-refractivity contribution < 1.29 is 18.7 Å². The molecule has 92 valence electrons. The van der Waals surface area contributed by atoms with Crippen molar-refractivity contribution in [1.82, 2.24) is 4.57 Å². The quantitative estimate of drug-likeness (QED) is 0.885. The van der Waals surface area contributed by atoms with Crippen molar-refractivity contribution in [3.05, 3.63) is 64.1 Å². The molecule has 1 aromatic carbocycles. The molecule has 0 aliphatic carbocycles. The maximum atomic E-state index is 13.5. The summed E-state index contributed by atoms with van der Waals surface area (Å²) in [5.41, 5.74) is -1.55. The predicted molar refractivity (Wildman–Crippen MR) is 58.9 cm³/mol. The van der Waals surface area contributed by atoms with Crippen LogP contribution < -0.4 is 5.56 Å². The van der Waals surface area contributed by atoms with Gasteiger partial charge < -0.3 is 5.11 Å². The molecular formula is C12H7F2NO3. The molecule has 1 N–H and O–H groups in total. The van der Waals surface area contributed by atoms with Gasteiger partial charge in [-0.3, -0.25) is 9.36 Å². The van der Waals surface area contributed by atoms with Crippen molar-refractivity contribution in [3.63, 3.8) is 0 Å². The first-order chi connectivity index (χ1) is 8.50. The van der Waals surface area contributed by atoms with E-state index in [1.54, 1.807) is 0 Å². The molecule has 2 rings (SSSR count). The van der Waals surface area contributed by atoms with Gasteiger partial charge in [-0.2, -0.15) is 0 Å². The third kappa shape index (κ3) is 2.00. The molecule has 0 spiro atoms. The van der Waals surface area contributed by atoms with Gasteiger partial charge in [-0.1, -0.05) is 6.07 Å². The Morgan fingerprint density at radius 3 is 2.28 bits per heavy atom. The molecule has 2 aromatic rings. The standard InChI is InChI=1S/C12H7F2NO3/c13-8-2-1-3-9(14)11(8)15-6-7(12(17)18)4-5-10(15)16/h1-6H,(H,17,18). The van der Waals surface area contributed by atoms with Gasteiger partial charge in [-0.25, -0.2) is 13.6 Å². The molecule has 1 heterocycles. The zero-order chi connectivity index (χ0) is 13.3. The molecule has 18 heavy (non-hydrogen) atoms. The van der Waals surface area contributed by atoms with Crippen molar-refractivity contribution >= 4 is 5.97 Å². The first-order valence-electron chi connectivity index (χ1n) is 4.91. The maximum absolute atomic E-state index is 13.5. The summed E-state index contributed by atoms with van der Waals surface area (Å²) >= 11 is 0. The van der Waals surface area contributed by atoms with E-state index in [-0.39, 0.29) is 5.56 Å². The van der Waals surface area contributed by atoms with Crippen LogP contribution in [0.2, 0.25) is 0 Å². The largest absolute Gasteiger partial charge is 0.478 e. The number of aromatic nitrogens is 1. The van der Waals surface area contributed by atoms with Crippen LogP contribution in [0.1, 0.15) is 10.4 Å². The highest BCUT2D eigenvalue weighted by Gasteiger charge is 2.13. The Kier molecular flexibility index (Phi) is 2.93. The van der Waals surface area contributed by atoms with Crippen molar-refractivity contribution in [2.75, 3.05) is 0 Å². The summed E-state index contributed by atoms with van der Waals surface area (Å²) in [5, 5.41) is 8.78. The van der Waals surface area contributed by atoms with Gasteiger partial charge in [0.15, 0.2) is 0 Å². The lowest BCUT2D eigenvalue weighted by atomic mass is 10.2. The topological polar surface area (TPSA) is 59.3 Å². The summed E-state index contributed by atoms with van der Waals surface area (Å²) < 4.78 is 27.6. The molecule has 4 nitrogen and oxygen atoms in total. The van der Waals surface area contributed by atoms with Crippen molar-refractivity contribution in [1.29, 1.82) is 0 Å². The minimum absolute atomic E-state index is 0.239. The predicted octanol–water partition coefficient (Wildman–Crippen LogP) is 1.81. The number of halogens is 2. The maximum Gasteiger partial charge on any atom is 0.337 e. The van der Waals surface area contributed by atoms with Crippen molar-refractivity contribution in [3.8, 4) is 5.69 Å². The highest BCUT2D eigenvalue weighted by Crippen LogP contribution is 2.16. The molecule has 0 aliphatic heterocycles. The molecule has 0 unspecified atom stereocenters. The first kappa shape index (κ1) is 12.0. The minimum atomic E-state index is -1.29. The second kappa shape index (κ2) is 4.40. The number of carboxylic acid groups (broad SMARTS) is 1. The molecule has 6 heteroatoms. The van der Waals surface area contributed by atoms with E-state index in [1.165, 1.54) is 0 Å². The molecule has 0 radical (unpaired) electrons. The summed E-state index contributed by atoms with van der Waals surface area (Å²) in [5.74, 6) is -3.18. The SMILES string of the molecule is O=C(O)c1ccc(=O)n(-c2c(F)cccc2F)c1. The van der Waals surface area contributed by atoms with E-state index in [0.29, 0.717) is 4.57 Å². The zero-order valence-electron chi connectivity index (χ0n) is 8.93. The van der Waals surface area contributed by atoms with Crippen LogP contribution in [0.25, 0.3) is 5.69 Å². The number of rotatable bonds is 2. The summed E-state index contributed by atoms with van der Waals surface area (Å²) in [6.07, 6.45) is 0.881. The van der Waals surface area contributed by atoms with E-state index in [1.807, 2.05) is 0 Å². The van der Waals surface area contributed by atoms with Crippen LogP contribution in [0.15, 0.2) is 41.3 Å². The van der Waals surface area contributed by atoms with Crippen molar-refractivity contribution in [2.45, 2.75) is 0 Å². The number of hydrogen-bond acceptors (Lipinski definition) is 2. The Balaban J connectivity index is 2.75. The van der Waals surface area contributed by atoms with Gasteiger partial charge in [0.05, 0.1) is 5.56 Å². The fraction of sp³-hybridized carbons (Fsp3) is 0. The van der Waals surface area contributed by atoms with Crippen molar-refractivity contribution in [2.24, 2.45) is 0 Å². The Morgan fingerprint density at radius 2 is 1.72 bits per heavy atom. The van der Waals surface area contributed by atoms with Crippen LogP contribution in [-0.4, -0.2) is 15.6 Å². The smallest absolute Gasteiger partial charge is 0.337 e. The third-order valence-corrected chi connectivity index (χ3v) is 2.34. The van der Waals surface area contributed by atoms with Gasteiger partial charge in [-0.15, -0.1) is 0 Å². The Morgan fingerprint density at radius 1 is 1.11 bits per heavy atom. The molecule has 1 aromatic heterocycles. The summed E-state index contributed by atoms with van der Waals surface area (Å²) in [7, 11) is 0. The second-order valence-corrected chi connectivity index (χ2v) is 3.50. The molecule has 0 amide bonds. The van der Waals surface area contributed by atoms with E-state index in [0.717, 1.165) is 36.5 Å². The van der Waals surface area contributed by atoms with E-state index in [2.05, 4.69) is 0 Å². The van der Waals surface area contributed by atoms with E-state index >= 15 is 0 Å². The summed E-state index contributed by atoms with van der Waals surface area (Å²) in [4.78, 5) is 22.3. The summed E-state index contributed by atoms with van der Waals surface area (Å²) in [6.45, 7) is 0. The average molecular weight is 251 g/mol. The Labute approximate surface area is 99.7 Å². The monoisotopic (exact) mass is 251 g/mol. The Bertz CT molecular complexity index is 659. The van der Waals surface area contributed by atoms with Crippen LogP contribution in [0.3, 0.4) is 0 Å². The third-order valence-electron chi connectivity index (χ3n) is 2.34. The van der Waals surface area contributed by atoms with Crippen LogP contribution >= 0.6 is 0 Å². The number of aromatic carboxylic acids is 1. The first-order valence-corrected chi connectivity index (χ1v) is 4.91. The van der Waals surface area contributed by atoms with E-state index < -0.39 is 28.9 Å². The minimum Gasteiger partial charge on any atom is -0.478 e. The molecule has 0 atom stereocenters. The normalized spacial score (nSPS) is 10.3. The van der Waals surface area contributed by atoms with Crippen LogP contribution in [0.5, 0.6) is 0 Å². The number of nitrogens with zero attached hydrogens (tertiary/aromatic N) is 1. The fourth-order valence-electron chi connectivity index (χ4n) is 1.51. The van der Waals surface area contributed by atoms with Gasteiger partial charge in [0.2, 0.25) is 0 Å². The van der Waals surface area contributed by atoms with Gasteiger partial charge in [0.25, 0.3) is 5.56 Å². The average Bonchev–Trinajstić information content (AvgIpc) is 2.30. The number of hydrogen-bond donors (Lipinski definition) is 1. The lowest BCUT2D eigenvalue weighted by Gasteiger charge is -2.08. The molecular weight excluding hydrogens is 244 g/mol. The number of carboxylic acids is 1. The van der Waals surface area contributed by atoms with Gasteiger partial charge in [0.1, 0.15) is 17.3 Å². The van der Waals surface area contributed by atoms with E-state index in [4.69, 9.17) is 5.11 Å². The molecule has 0 aliphatic rings. The molecule has 0 fully saturated rings. The lowest BCUT2D eigenvalue weighted by Crippen LogP contribution is -2.20. The second-order valence-electron chi connectivity index (χ2n) is 3.50. The number of pyridine rings is 1. The van der Waals surface area contributed by atoms with Gasteiger partial charge in [0, 0.05) is 12.3 Å². The van der Waals surface area contributed by atoms with Crippen LogP contribution in [0, 0.1) is 11.6 Å². The van der Waals surface area contributed by atoms with E-state index in [9.17, 15) is 18.4 Å². The fourth-order valence-corrected chi connectivity index (χ4v) is 1.51.